The van der Waals surface area contributed by atoms with E-state index < -0.39 is 0 Å². The minimum atomic E-state index is 0.953. The van der Waals surface area contributed by atoms with Crippen molar-refractivity contribution in [3.8, 4) is 22.3 Å². The maximum absolute atomic E-state index is 5.21. The van der Waals surface area contributed by atoms with Crippen LogP contribution in [0.25, 0.3) is 60.6 Å². The molecule has 2 aromatic heterocycles. The molecular formula is C33H20N2. The Morgan fingerprint density at radius 1 is 0.543 bits per heavy atom. The second kappa shape index (κ2) is 6.17. The van der Waals surface area contributed by atoms with Crippen LogP contribution in [0, 0.1) is 0 Å². The van der Waals surface area contributed by atoms with Crippen LogP contribution in [0.2, 0.25) is 0 Å². The molecule has 0 atom stereocenters. The fourth-order valence-electron chi connectivity index (χ4n) is 6.79. The molecule has 0 unspecified atom stereocenters. The van der Waals surface area contributed by atoms with Crippen molar-refractivity contribution < 1.29 is 0 Å². The molecule has 9 rings (SSSR count). The van der Waals surface area contributed by atoms with E-state index in [0.29, 0.717) is 0 Å². The number of rotatable bonds is 0. The van der Waals surface area contributed by atoms with Crippen LogP contribution in [-0.2, 0) is 12.8 Å². The molecule has 2 aliphatic carbocycles. The molecule has 7 aromatic rings. The van der Waals surface area contributed by atoms with Crippen molar-refractivity contribution in [2.75, 3.05) is 0 Å². The lowest BCUT2D eigenvalue weighted by molar-refractivity contribution is 1.24. The molecule has 2 heterocycles. The van der Waals surface area contributed by atoms with Gasteiger partial charge in [0.15, 0.2) is 0 Å². The van der Waals surface area contributed by atoms with Crippen molar-refractivity contribution in [1.82, 2.24) is 9.38 Å². The molecule has 0 radical (unpaired) electrons. The van der Waals surface area contributed by atoms with Crippen LogP contribution < -0.4 is 0 Å². The summed E-state index contributed by atoms with van der Waals surface area (Å²) in [5.41, 5.74) is 15.9. The van der Waals surface area contributed by atoms with Crippen molar-refractivity contribution in [1.29, 1.82) is 0 Å². The van der Waals surface area contributed by atoms with E-state index in [0.717, 1.165) is 24.0 Å². The Balaban J connectivity index is 1.47. The van der Waals surface area contributed by atoms with Crippen LogP contribution >= 0.6 is 0 Å². The van der Waals surface area contributed by atoms with Gasteiger partial charge in [-0.2, -0.15) is 0 Å². The lowest BCUT2D eigenvalue weighted by atomic mass is 9.92. The van der Waals surface area contributed by atoms with Gasteiger partial charge >= 0.3 is 0 Å². The van der Waals surface area contributed by atoms with Crippen molar-refractivity contribution >= 4 is 38.4 Å². The lowest BCUT2D eigenvalue weighted by Gasteiger charge is -2.13. The molecular weight excluding hydrogens is 424 g/mol. The van der Waals surface area contributed by atoms with E-state index in [9.17, 15) is 0 Å². The zero-order valence-electron chi connectivity index (χ0n) is 19.0. The van der Waals surface area contributed by atoms with Gasteiger partial charge in [-0.3, -0.25) is 4.40 Å². The van der Waals surface area contributed by atoms with Crippen LogP contribution in [0.1, 0.15) is 22.3 Å². The van der Waals surface area contributed by atoms with Crippen molar-refractivity contribution in [3.63, 3.8) is 0 Å². The highest BCUT2D eigenvalue weighted by atomic mass is 15.0. The number of nitrogens with zero attached hydrogens (tertiary/aromatic N) is 2. The van der Waals surface area contributed by atoms with Gasteiger partial charge in [-0.15, -0.1) is 0 Å². The number of hydrogen-bond acceptors (Lipinski definition) is 1. The molecule has 2 nitrogen and oxygen atoms in total. The predicted octanol–water partition coefficient (Wildman–Crippen LogP) is 7.94. The first-order valence-electron chi connectivity index (χ1n) is 12.3. The van der Waals surface area contributed by atoms with Crippen LogP contribution in [0.4, 0.5) is 0 Å². The van der Waals surface area contributed by atoms with Gasteiger partial charge in [0.1, 0.15) is 5.65 Å². The summed E-state index contributed by atoms with van der Waals surface area (Å²) in [6.45, 7) is 0. The Kier molecular flexibility index (Phi) is 3.16. The van der Waals surface area contributed by atoms with E-state index in [1.54, 1.807) is 0 Å². The summed E-state index contributed by atoms with van der Waals surface area (Å²) >= 11 is 0. The number of fused-ring (bicyclic) bond motifs is 16. The Labute approximate surface area is 202 Å². The van der Waals surface area contributed by atoms with Gasteiger partial charge in [0, 0.05) is 10.8 Å². The topological polar surface area (TPSA) is 17.3 Å². The number of para-hydroxylation sites is 3. The van der Waals surface area contributed by atoms with E-state index in [1.807, 2.05) is 0 Å². The highest BCUT2D eigenvalue weighted by Crippen LogP contribution is 2.51. The summed E-state index contributed by atoms with van der Waals surface area (Å²) in [5, 5.41) is 3.88. The van der Waals surface area contributed by atoms with Crippen molar-refractivity contribution in [2.24, 2.45) is 0 Å². The first kappa shape index (κ1) is 18.0. The Hall–Kier alpha value is -4.43. The molecule has 0 fully saturated rings. The Morgan fingerprint density at radius 2 is 1.29 bits per heavy atom. The average molecular weight is 445 g/mol. The molecule has 0 saturated heterocycles. The quantitative estimate of drug-likeness (QED) is 0.217. The standard InChI is InChI=1S/C33H20N2/c1-2-8-22-19(7-1)17-20-13-14-21-18-26-25(31(21)30(20)22)16-15-24-23-9-3-5-11-28(23)35-29-12-6-4-10-27(29)34-33(35)32(24)26/h1-16H,17-18H2. The molecule has 0 bridgehead atoms. The first-order chi connectivity index (χ1) is 17.4. The maximum Gasteiger partial charge on any atom is 0.146 e. The molecule has 5 aromatic carbocycles. The minimum absolute atomic E-state index is 0.953. The van der Waals surface area contributed by atoms with Gasteiger partial charge in [-0.05, 0) is 80.9 Å². The summed E-state index contributed by atoms with van der Waals surface area (Å²) in [4.78, 5) is 5.21. The third kappa shape index (κ3) is 2.14. The smallest absolute Gasteiger partial charge is 0.146 e. The van der Waals surface area contributed by atoms with Crippen molar-refractivity contribution in [2.45, 2.75) is 12.8 Å². The second-order valence-corrected chi connectivity index (χ2v) is 9.94. The number of imidazole rings is 1. The van der Waals surface area contributed by atoms with Gasteiger partial charge < -0.3 is 0 Å². The molecule has 162 valence electrons. The summed E-state index contributed by atoms with van der Waals surface area (Å²) in [5.74, 6) is 0. The van der Waals surface area contributed by atoms with Crippen LogP contribution in [0.3, 0.4) is 0 Å². The lowest BCUT2D eigenvalue weighted by Crippen LogP contribution is -1.94. The number of hydrogen-bond donors (Lipinski definition) is 0. The molecule has 2 aliphatic rings. The summed E-state index contributed by atoms with van der Waals surface area (Å²) in [7, 11) is 0. The van der Waals surface area contributed by atoms with E-state index in [2.05, 4.69) is 101 Å². The number of benzene rings is 5. The Morgan fingerprint density at radius 3 is 2.23 bits per heavy atom. The normalized spacial score (nSPS) is 13.5. The highest BCUT2D eigenvalue weighted by Gasteiger charge is 2.30. The van der Waals surface area contributed by atoms with Gasteiger partial charge in [-0.25, -0.2) is 4.98 Å². The SMILES string of the molecule is c1ccc2c(c1)Cc1ccc3c(c1-2)-c1ccc2c4ccccc4n4c5ccccc5nc4c2c1C3. The summed E-state index contributed by atoms with van der Waals surface area (Å²) < 4.78 is 2.37. The van der Waals surface area contributed by atoms with E-state index in [-0.39, 0.29) is 0 Å². The molecule has 0 saturated carbocycles. The van der Waals surface area contributed by atoms with Gasteiger partial charge in [0.05, 0.1) is 16.6 Å². The first-order valence-corrected chi connectivity index (χ1v) is 12.3. The van der Waals surface area contributed by atoms with E-state index >= 15 is 0 Å². The Bertz CT molecular complexity index is 2060. The number of aromatic nitrogens is 2. The molecule has 35 heavy (non-hydrogen) atoms. The van der Waals surface area contributed by atoms with Crippen LogP contribution in [-0.4, -0.2) is 9.38 Å². The molecule has 0 aliphatic heterocycles. The highest BCUT2D eigenvalue weighted by molar-refractivity contribution is 6.17. The molecule has 2 heteroatoms. The van der Waals surface area contributed by atoms with Crippen molar-refractivity contribution in [3.05, 3.63) is 119 Å². The third-order valence-corrected chi connectivity index (χ3v) is 8.21. The molecule has 0 N–H and O–H groups in total. The van der Waals surface area contributed by atoms with Crippen LogP contribution in [0.5, 0.6) is 0 Å². The van der Waals surface area contributed by atoms with Gasteiger partial charge in [-0.1, -0.05) is 78.9 Å². The molecule has 0 spiro atoms. The largest absolute Gasteiger partial charge is 0.292 e. The second-order valence-electron chi connectivity index (χ2n) is 9.94. The third-order valence-electron chi connectivity index (χ3n) is 8.21. The predicted molar refractivity (Wildman–Crippen MR) is 144 cm³/mol. The fraction of sp³-hybridized carbons (Fsp3) is 0.0606. The zero-order valence-corrected chi connectivity index (χ0v) is 19.0. The summed E-state index contributed by atoms with van der Waals surface area (Å²) in [6, 6.07) is 35.6. The van der Waals surface area contributed by atoms with Gasteiger partial charge in [0.25, 0.3) is 0 Å². The van der Waals surface area contributed by atoms with E-state index in [4.69, 9.17) is 4.98 Å². The minimum Gasteiger partial charge on any atom is -0.292 e. The molecule has 0 amide bonds. The average Bonchev–Trinajstić information content (AvgIpc) is 3.59. The monoisotopic (exact) mass is 444 g/mol. The van der Waals surface area contributed by atoms with Gasteiger partial charge in [0.2, 0.25) is 0 Å². The zero-order chi connectivity index (χ0) is 22.7. The van der Waals surface area contributed by atoms with E-state index in [1.165, 1.54) is 71.7 Å². The summed E-state index contributed by atoms with van der Waals surface area (Å²) in [6.07, 6.45) is 1.98. The maximum atomic E-state index is 5.21. The van der Waals surface area contributed by atoms with Crippen LogP contribution in [0.15, 0.2) is 97.1 Å². The fourth-order valence-corrected chi connectivity index (χ4v) is 6.79. The number of pyridine rings is 1.